The monoisotopic (exact) mass is 371 g/mol. The fourth-order valence-electron chi connectivity index (χ4n) is 2.31. The summed E-state index contributed by atoms with van der Waals surface area (Å²) in [5.41, 5.74) is 2.27. The number of rotatable bonds is 5. The van der Waals surface area contributed by atoms with Crippen LogP contribution in [0.15, 0.2) is 48.8 Å². The molecule has 8 nitrogen and oxygen atoms in total. The van der Waals surface area contributed by atoms with E-state index in [1.165, 1.54) is 30.3 Å². The summed E-state index contributed by atoms with van der Waals surface area (Å²) >= 11 is 5.96. The molecule has 0 bridgehead atoms. The Labute approximate surface area is 153 Å². The first-order valence-corrected chi connectivity index (χ1v) is 7.94. The Bertz CT molecular complexity index is 926. The average molecular weight is 372 g/mol. The van der Waals surface area contributed by atoms with Crippen molar-refractivity contribution in [1.82, 2.24) is 20.2 Å². The van der Waals surface area contributed by atoms with E-state index in [1.807, 2.05) is 24.3 Å². The highest BCUT2D eigenvalue weighted by molar-refractivity contribution is 6.33. The van der Waals surface area contributed by atoms with Crippen LogP contribution in [0.4, 0.5) is 5.69 Å². The summed E-state index contributed by atoms with van der Waals surface area (Å²) in [5.74, 6) is -0.789. The molecule has 1 aromatic heterocycles. The van der Waals surface area contributed by atoms with Gasteiger partial charge in [0.05, 0.1) is 29.8 Å². The van der Waals surface area contributed by atoms with Crippen molar-refractivity contribution >= 4 is 29.2 Å². The van der Waals surface area contributed by atoms with E-state index in [-0.39, 0.29) is 22.9 Å². The Kier molecular flexibility index (Phi) is 5.23. The van der Waals surface area contributed by atoms with Crippen LogP contribution in [0, 0.1) is 0 Å². The van der Waals surface area contributed by atoms with Crippen LogP contribution in [-0.2, 0) is 16.0 Å². The minimum Gasteiger partial charge on any atom is -0.465 e. The summed E-state index contributed by atoms with van der Waals surface area (Å²) in [5, 5.41) is 13.9. The van der Waals surface area contributed by atoms with Gasteiger partial charge in [0, 0.05) is 5.69 Å². The number of aromatic nitrogens is 4. The van der Waals surface area contributed by atoms with Gasteiger partial charge in [-0.15, -0.1) is 5.10 Å². The number of tetrazole rings is 1. The second kappa shape index (κ2) is 7.75. The van der Waals surface area contributed by atoms with Crippen molar-refractivity contribution in [2.24, 2.45) is 0 Å². The fourth-order valence-corrected chi connectivity index (χ4v) is 2.50. The first kappa shape index (κ1) is 17.6. The number of anilines is 1. The van der Waals surface area contributed by atoms with Gasteiger partial charge in [0.2, 0.25) is 5.91 Å². The van der Waals surface area contributed by atoms with Gasteiger partial charge in [-0.25, -0.2) is 9.48 Å². The lowest BCUT2D eigenvalue weighted by atomic mass is 10.1. The van der Waals surface area contributed by atoms with E-state index in [9.17, 15) is 9.59 Å². The Hall–Kier alpha value is -3.26. The van der Waals surface area contributed by atoms with Crippen molar-refractivity contribution in [3.8, 4) is 5.69 Å². The van der Waals surface area contributed by atoms with Crippen LogP contribution in [-0.4, -0.2) is 39.2 Å². The topological polar surface area (TPSA) is 99.0 Å². The van der Waals surface area contributed by atoms with Gasteiger partial charge in [-0.1, -0.05) is 23.7 Å². The predicted molar refractivity (Wildman–Crippen MR) is 94.3 cm³/mol. The minimum atomic E-state index is -0.565. The van der Waals surface area contributed by atoms with Crippen molar-refractivity contribution in [2.75, 3.05) is 12.4 Å². The van der Waals surface area contributed by atoms with E-state index < -0.39 is 5.97 Å². The molecule has 1 heterocycles. The third-order valence-corrected chi connectivity index (χ3v) is 3.90. The molecule has 0 aliphatic carbocycles. The third kappa shape index (κ3) is 4.04. The normalized spacial score (nSPS) is 10.4. The first-order chi connectivity index (χ1) is 12.6. The summed E-state index contributed by atoms with van der Waals surface area (Å²) in [6, 6.07) is 11.9. The van der Waals surface area contributed by atoms with E-state index in [2.05, 4.69) is 25.6 Å². The number of nitrogens with one attached hydrogen (secondary N) is 1. The Balaban J connectivity index is 1.66. The molecule has 0 spiro atoms. The number of amides is 1. The molecule has 0 saturated heterocycles. The molecule has 9 heteroatoms. The summed E-state index contributed by atoms with van der Waals surface area (Å²) in [6.07, 6.45) is 1.66. The van der Waals surface area contributed by atoms with Gasteiger partial charge in [0.25, 0.3) is 0 Å². The molecule has 0 unspecified atom stereocenters. The second-order valence-electron chi connectivity index (χ2n) is 5.33. The van der Waals surface area contributed by atoms with Crippen LogP contribution >= 0.6 is 11.6 Å². The van der Waals surface area contributed by atoms with Crippen LogP contribution in [0.3, 0.4) is 0 Å². The van der Waals surface area contributed by atoms with Gasteiger partial charge < -0.3 is 10.1 Å². The molecule has 2 aromatic carbocycles. The molecule has 3 rings (SSSR count). The minimum absolute atomic E-state index is 0.173. The maximum atomic E-state index is 12.2. The largest absolute Gasteiger partial charge is 0.465 e. The van der Waals surface area contributed by atoms with Gasteiger partial charge in [-0.2, -0.15) is 0 Å². The molecular weight excluding hydrogens is 358 g/mol. The standard InChI is InChI=1S/C17H14ClN5O3/c1-26-17(25)14-9-12(4-7-15(14)18)20-16(24)8-11-2-5-13(6-3-11)23-10-19-21-22-23/h2-7,9-10H,8H2,1H3,(H,20,24). The molecule has 0 fully saturated rings. The van der Waals surface area contributed by atoms with E-state index in [0.717, 1.165) is 11.3 Å². The van der Waals surface area contributed by atoms with Crippen molar-refractivity contribution in [1.29, 1.82) is 0 Å². The Morgan fingerprint density at radius 3 is 2.62 bits per heavy atom. The average Bonchev–Trinajstić information content (AvgIpc) is 3.18. The van der Waals surface area contributed by atoms with Crippen molar-refractivity contribution in [3.05, 3.63) is 64.9 Å². The zero-order valence-electron chi connectivity index (χ0n) is 13.7. The quantitative estimate of drug-likeness (QED) is 0.691. The Morgan fingerprint density at radius 1 is 1.19 bits per heavy atom. The molecule has 1 N–H and O–H groups in total. The summed E-state index contributed by atoms with van der Waals surface area (Å²) in [6.45, 7) is 0. The fraction of sp³-hybridized carbons (Fsp3) is 0.118. The number of carbonyl (C=O) groups is 2. The lowest BCUT2D eigenvalue weighted by Crippen LogP contribution is -2.15. The van der Waals surface area contributed by atoms with Crippen molar-refractivity contribution in [2.45, 2.75) is 6.42 Å². The highest BCUT2D eigenvalue weighted by atomic mass is 35.5. The second-order valence-corrected chi connectivity index (χ2v) is 5.74. The molecule has 132 valence electrons. The van der Waals surface area contributed by atoms with Crippen LogP contribution in [0.25, 0.3) is 5.69 Å². The molecule has 26 heavy (non-hydrogen) atoms. The van der Waals surface area contributed by atoms with Gasteiger partial charge >= 0.3 is 5.97 Å². The lowest BCUT2D eigenvalue weighted by molar-refractivity contribution is -0.115. The van der Waals surface area contributed by atoms with Gasteiger partial charge in [0.1, 0.15) is 6.33 Å². The van der Waals surface area contributed by atoms with E-state index >= 15 is 0 Å². The number of nitrogens with zero attached hydrogens (tertiary/aromatic N) is 4. The Morgan fingerprint density at radius 2 is 1.96 bits per heavy atom. The summed E-state index contributed by atoms with van der Waals surface area (Å²) in [7, 11) is 1.27. The molecule has 0 atom stereocenters. The van der Waals surface area contributed by atoms with E-state index in [0.29, 0.717) is 5.69 Å². The predicted octanol–water partition coefficient (Wildman–Crippen LogP) is 2.28. The number of halogens is 1. The number of hydrogen-bond donors (Lipinski definition) is 1. The van der Waals surface area contributed by atoms with Gasteiger partial charge in [-0.05, 0) is 46.3 Å². The smallest absolute Gasteiger partial charge is 0.339 e. The SMILES string of the molecule is COC(=O)c1cc(NC(=O)Cc2ccc(-n3cnnn3)cc2)ccc1Cl. The maximum absolute atomic E-state index is 12.2. The maximum Gasteiger partial charge on any atom is 0.339 e. The molecule has 3 aromatic rings. The number of esters is 1. The number of carbonyl (C=O) groups excluding carboxylic acids is 2. The molecule has 1 amide bonds. The van der Waals surface area contributed by atoms with E-state index in [4.69, 9.17) is 11.6 Å². The summed E-state index contributed by atoms with van der Waals surface area (Å²) < 4.78 is 6.18. The molecular formula is C17H14ClN5O3. The van der Waals surface area contributed by atoms with Crippen LogP contribution in [0.1, 0.15) is 15.9 Å². The number of ether oxygens (including phenoxy) is 1. The number of methoxy groups -OCH3 is 1. The zero-order valence-corrected chi connectivity index (χ0v) is 14.5. The highest BCUT2D eigenvalue weighted by Crippen LogP contribution is 2.21. The lowest BCUT2D eigenvalue weighted by Gasteiger charge is -2.08. The number of hydrogen-bond acceptors (Lipinski definition) is 6. The van der Waals surface area contributed by atoms with E-state index in [1.54, 1.807) is 6.07 Å². The highest BCUT2D eigenvalue weighted by Gasteiger charge is 2.13. The van der Waals surface area contributed by atoms with Gasteiger partial charge in [-0.3, -0.25) is 4.79 Å². The van der Waals surface area contributed by atoms with Crippen LogP contribution in [0.5, 0.6) is 0 Å². The third-order valence-electron chi connectivity index (χ3n) is 3.57. The van der Waals surface area contributed by atoms with Gasteiger partial charge in [0.15, 0.2) is 0 Å². The molecule has 0 aliphatic rings. The van der Waals surface area contributed by atoms with Crippen molar-refractivity contribution < 1.29 is 14.3 Å². The summed E-state index contributed by atoms with van der Waals surface area (Å²) in [4.78, 5) is 23.9. The van der Waals surface area contributed by atoms with Crippen molar-refractivity contribution in [3.63, 3.8) is 0 Å². The van der Waals surface area contributed by atoms with Crippen LogP contribution in [0.2, 0.25) is 5.02 Å². The molecule has 0 aliphatic heterocycles. The molecule has 0 radical (unpaired) electrons. The first-order valence-electron chi connectivity index (χ1n) is 7.57. The van der Waals surface area contributed by atoms with Crippen LogP contribution < -0.4 is 5.32 Å². The molecule has 0 saturated carbocycles. The number of benzene rings is 2. The zero-order chi connectivity index (χ0) is 18.5.